The number of halogens is 7. The Labute approximate surface area is 250 Å². The molecule has 44 heavy (non-hydrogen) atoms. The van der Waals surface area contributed by atoms with Gasteiger partial charge in [0, 0.05) is 67.0 Å². The van der Waals surface area contributed by atoms with Gasteiger partial charge in [0.1, 0.15) is 46.1 Å². The van der Waals surface area contributed by atoms with Crippen LogP contribution in [0.3, 0.4) is 0 Å². The van der Waals surface area contributed by atoms with Crippen molar-refractivity contribution in [3.63, 3.8) is 0 Å². The molecule has 1 heterocycles. The van der Waals surface area contributed by atoms with E-state index in [4.69, 9.17) is 18.8 Å². The van der Waals surface area contributed by atoms with Gasteiger partial charge in [-0.2, -0.15) is 8.78 Å². The third kappa shape index (κ3) is 7.72. The molecule has 0 spiro atoms. The molecule has 1 aliphatic rings. The highest BCUT2D eigenvalue weighted by molar-refractivity contribution is 7.27. The molecule has 1 saturated heterocycles. The molecule has 234 valence electrons. The summed E-state index contributed by atoms with van der Waals surface area (Å²) in [6.45, 7) is 3.91. The molecule has 3 aromatic carbocycles. The molecular formula is C29H25BF7O6P. The van der Waals surface area contributed by atoms with E-state index in [0.717, 1.165) is 31.2 Å². The topological polar surface area (TPSA) is 63.2 Å². The Morgan fingerprint density at radius 3 is 2.11 bits per heavy atom. The first-order valence-electron chi connectivity index (χ1n) is 13.1. The second-order valence-electron chi connectivity index (χ2n) is 9.67. The van der Waals surface area contributed by atoms with Crippen molar-refractivity contribution in [1.29, 1.82) is 0 Å². The van der Waals surface area contributed by atoms with Gasteiger partial charge < -0.3 is 23.5 Å². The van der Waals surface area contributed by atoms with Crippen LogP contribution in [0.4, 0.5) is 30.7 Å². The Bertz CT molecular complexity index is 1480. The predicted molar refractivity (Wildman–Crippen MR) is 149 cm³/mol. The third-order valence-electron chi connectivity index (χ3n) is 6.53. The minimum Gasteiger partial charge on any atom is -0.493 e. The van der Waals surface area contributed by atoms with Crippen LogP contribution < -0.4 is 20.2 Å². The molecule has 3 aromatic rings. The minimum atomic E-state index is -4.32. The third-order valence-corrected chi connectivity index (χ3v) is 6.99. The van der Waals surface area contributed by atoms with E-state index in [1.54, 1.807) is 0 Å². The van der Waals surface area contributed by atoms with Gasteiger partial charge in [-0.25, -0.2) is 26.7 Å². The first kappa shape index (κ1) is 33.3. The van der Waals surface area contributed by atoms with Crippen molar-refractivity contribution in [2.45, 2.75) is 25.4 Å². The standard InChI is InChI=1S/C29H25BF7O6P/c1-3-26(38)40-6-4-5-39-18-9-22(33)27(23(34)10-18)16-13-41-30(42-14-16)17-7-24(35)28(25(44)8-17)29(36,37)43-19-11-20(31)15(2)21(32)12-19/h3,7-12,16H,1,4-6,13-14,44H2,2H3. The molecule has 0 saturated carbocycles. The van der Waals surface area contributed by atoms with Crippen LogP contribution in [0.5, 0.6) is 11.5 Å². The maximum atomic E-state index is 15.0. The van der Waals surface area contributed by atoms with Gasteiger partial charge in [0.05, 0.1) is 13.2 Å². The van der Waals surface area contributed by atoms with Gasteiger partial charge in [0.2, 0.25) is 0 Å². The zero-order valence-corrected chi connectivity index (χ0v) is 24.3. The Morgan fingerprint density at radius 2 is 1.55 bits per heavy atom. The fourth-order valence-electron chi connectivity index (χ4n) is 4.35. The van der Waals surface area contributed by atoms with Crippen molar-refractivity contribution in [1.82, 2.24) is 0 Å². The maximum Gasteiger partial charge on any atom is 0.494 e. The summed E-state index contributed by atoms with van der Waals surface area (Å²) in [6.07, 6.45) is -3.05. The molecule has 6 nitrogen and oxygen atoms in total. The van der Waals surface area contributed by atoms with Crippen LogP contribution in [0.1, 0.15) is 29.0 Å². The maximum absolute atomic E-state index is 15.0. The predicted octanol–water partition coefficient (Wildman–Crippen LogP) is 5.34. The highest BCUT2D eigenvalue weighted by Crippen LogP contribution is 2.35. The van der Waals surface area contributed by atoms with Crippen LogP contribution >= 0.6 is 9.24 Å². The molecule has 0 amide bonds. The second kappa shape index (κ2) is 14.0. The molecule has 15 heteroatoms. The minimum absolute atomic E-state index is 0.0126. The lowest BCUT2D eigenvalue weighted by Gasteiger charge is -2.29. The SMILES string of the molecule is C=CC(=O)OCCCOc1cc(F)c(C2COB(c3cc(F)c(C(F)(F)Oc4cc(F)c(C)c(F)c4)c(P)c3)OC2)c(F)c1. The number of ether oxygens (including phenoxy) is 3. The van der Waals surface area contributed by atoms with Crippen LogP contribution in [-0.4, -0.2) is 39.5 Å². The van der Waals surface area contributed by atoms with E-state index >= 15 is 0 Å². The van der Waals surface area contributed by atoms with E-state index in [1.165, 1.54) is 0 Å². The Balaban J connectivity index is 1.40. The van der Waals surface area contributed by atoms with Gasteiger partial charge in [0.15, 0.2) is 0 Å². The van der Waals surface area contributed by atoms with Crippen molar-refractivity contribution in [2.75, 3.05) is 26.4 Å². The molecule has 0 radical (unpaired) electrons. The molecule has 1 atom stereocenters. The van der Waals surface area contributed by atoms with E-state index in [-0.39, 0.29) is 54.9 Å². The van der Waals surface area contributed by atoms with E-state index in [9.17, 15) is 35.5 Å². The Kier molecular flexibility index (Phi) is 10.6. The lowest BCUT2D eigenvalue weighted by atomic mass is 9.76. The summed E-state index contributed by atoms with van der Waals surface area (Å²) >= 11 is 0. The van der Waals surface area contributed by atoms with Crippen LogP contribution in [0, 0.1) is 36.0 Å². The monoisotopic (exact) mass is 644 g/mol. The largest absolute Gasteiger partial charge is 0.494 e. The van der Waals surface area contributed by atoms with Crippen molar-refractivity contribution in [3.05, 3.63) is 94.8 Å². The lowest BCUT2D eigenvalue weighted by Crippen LogP contribution is -2.45. The molecule has 0 bridgehead atoms. The van der Waals surface area contributed by atoms with E-state index < -0.39 is 71.1 Å². The van der Waals surface area contributed by atoms with Crippen LogP contribution in [0.2, 0.25) is 0 Å². The smallest absolute Gasteiger partial charge is 0.493 e. The summed E-state index contributed by atoms with van der Waals surface area (Å²) in [7, 11) is 0.668. The summed E-state index contributed by atoms with van der Waals surface area (Å²) in [5.41, 5.74) is -1.94. The molecule has 4 rings (SSSR count). The van der Waals surface area contributed by atoms with Gasteiger partial charge in [-0.1, -0.05) is 12.6 Å². The summed E-state index contributed by atoms with van der Waals surface area (Å²) in [5, 5.41) is -0.362. The highest BCUT2D eigenvalue weighted by atomic mass is 31.0. The normalized spacial score (nSPS) is 14.0. The zero-order chi connectivity index (χ0) is 32.2. The average molecular weight is 644 g/mol. The number of hydrogen-bond donors (Lipinski definition) is 0. The van der Waals surface area contributed by atoms with Gasteiger partial charge in [-0.3, -0.25) is 0 Å². The van der Waals surface area contributed by atoms with E-state index in [1.807, 2.05) is 9.24 Å². The summed E-state index contributed by atoms with van der Waals surface area (Å²) in [4.78, 5) is 11.0. The van der Waals surface area contributed by atoms with Crippen molar-refractivity contribution in [2.24, 2.45) is 0 Å². The highest BCUT2D eigenvalue weighted by Gasteiger charge is 2.41. The molecule has 1 unspecified atom stereocenters. The summed E-state index contributed by atoms with van der Waals surface area (Å²) < 4.78 is 128. The molecule has 0 aromatic heterocycles. The summed E-state index contributed by atoms with van der Waals surface area (Å²) in [5.74, 6) is -7.95. The molecule has 1 aliphatic heterocycles. The fourth-order valence-corrected chi connectivity index (χ4v) is 4.85. The number of benzene rings is 3. The first-order valence-corrected chi connectivity index (χ1v) is 13.6. The fraction of sp³-hybridized carbons (Fsp3) is 0.276. The van der Waals surface area contributed by atoms with Crippen LogP contribution in [-0.2, 0) is 24.9 Å². The number of hydrogen-bond acceptors (Lipinski definition) is 6. The van der Waals surface area contributed by atoms with Crippen molar-refractivity contribution >= 4 is 33.1 Å². The van der Waals surface area contributed by atoms with E-state index in [2.05, 4.69) is 11.3 Å². The van der Waals surface area contributed by atoms with Gasteiger partial charge in [-0.15, -0.1) is 9.24 Å². The molecule has 0 N–H and O–H groups in total. The lowest BCUT2D eigenvalue weighted by molar-refractivity contribution is -0.186. The molecular weight excluding hydrogens is 619 g/mol. The van der Waals surface area contributed by atoms with Crippen molar-refractivity contribution < 1.29 is 59.0 Å². The van der Waals surface area contributed by atoms with Gasteiger partial charge >= 0.3 is 19.2 Å². The van der Waals surface area contributed by atoms with Crippen molar-refractivity contribution in [3.8, 4) is 11.5 Å². The number of carbonyl (C=O) groups excluding carboxylic acids is 1. The number of esters is 1. The first-order chi connectivity index (χ1) is 20.8. The van der Waals surface area contributed by atoms with Gasteiger partial charge in [0.25, 0.3) is 0 Å². The average Bonchev–Trinajstić information content (AvgIpc) is 2.94. The van der Waals surface area contributed by atoms with E-state index in [0.29, 0.717) is 18.2 Å². The number of rotatable bonds is 11. The quantitative estimate of drug-likeness (QED) is 0.0702. The van der Waals surface area contributed by atoms with Gasteiger partial charge in [-0.05, 0) is 23.8 Å². The second-order valence-corrected chi connectivity index (χ2v) is 10.3. The van der Waals surface area contributed by atoms with Crippen LogP contribution in [0.25, 0.3) is 0 Å². The zero-order valence-electron chi connectivity index (χ0n) is 23.1. The van der Waals surface area contributed by atoms with Crippen LogP contribution in [0.15, 0.2) is 49.1 Å². The Hall–Kier alpha value is -3.61. The Morgan fingerprint density at radius 1 is 0.955 bits per heavy atom. The number of carbonyl (C=O) groups is 1. The summed E-state index contributed by atoms with van der Waals surface area (Å²) in [6, 6.07) is 4.91. The number of alkyl halides is 2. The molecule has 1 fully saturated rings. The molecule has 0 aliphatic carbocycles.